The molecule has 0 spiro atoms. The van der Waals surface area contributed by atoms with E-state index in [4.69, 9.17) is 27.5 Å². The summed E-state index contributed by atoms with van der Waals surface area (Å²) in [6.07, 6.45) is 8.22. The van der Waals surface area contributed by atoms with Crippen molar-refractivity contribution in [2.24, 2.45) is 0 Å². The number of benzene rings is 2. The molecular weight excluding hydrogens is 454 g/mol. The number of aromatic nitrogens is 1. The Morgan fingerprint density at radius 3 is 2.74 bits per heavy atom. The third-order valence-corrected chi connectivity index (χ3v) is 5.82. The molecule has 0 bridgehead atoms. The zero-order valence-corrected chi connectivity index (χ0v) is 19.3. The molecule has 2 heterocycles. The lowest BCUT2D eigenvalue weighted by Gasteiger charge is -2.30. The van der Waals surface area contributed by atoms with E-state index in [2.05, 4.69) is 21.1 Å². The molecule has 0 saturated carbocycles. The maximum absolute atomic E-state index is 12.8. The van der Waals surface area contributed by atoms with Crippen molar-refractivity contribution in [2.45, 2.75) is 18.9 Å². The van der Waals surface area contributed by atoms with Crippen LogP contribution in [0.1, 0.15) is 23.2 Å². The molecule has 1 N–H and O–H groups in total. The topological polar surface area (TPSA) is 80.8 Å². The summed E-state index contributed by atoms with van der Waals surface area (Å²) in [5.41, 5.74) is 2.34. The predicted octanol–water partition coefficient (Wildman–Crippen LogP) is 4.43. The number of likely N-dealkylation sites (tertiary alicyclic amines) is 1. The second-order valence-electron chi connectivity index (χ2n) is 7.94. The van der Waals surface area contributed by atoms with Gasteiger partial charge < -0.3 is 14.8 Å². The van der Waals surface area contributed by atoms with E-state index in [9.17, 15) is 9.59 Å². The highest BCUT2D eigenvalue weighted by atomic mass is 35.5. The largest absolute Gasteiger partial charge is 0.460 e. The Labute approximate surface area is 203 Å². The molecule has 1 aromatic heterocycles. The lowest BCUT2D eigenvalue weighted by molar-refractivity contribution is -0.154. The van der Waals surface area contributed by atoms with Crippen molar-refractivity contribution in [3.63, 3.8) is 0 Å². The smallest absolute Gasteiger partial charge is 0.344 e. The monoisotopic (exact) mass is 477 g/mol. The number of carbonyl (C=O) groups excluding carboxylic acids is 2. The number of nitrogens with zero attached hydrogens (tertiary/aromatic N) is 2. The van der Waals surface area contributed by atoms with Crippen molar-refractivity contribution in [2.75, 3.05) is 31.6 Å². The number of para-hydroxylation sites is 1. The SMILES string of the molecule is C#CCN1CCC(OC(=O)COC(=O)c2ccccc2Nc2ccnc3cc(Cl)ccc23)CC1. The molecule has 0 aliphatic carbocycles. The molecule has 1 saturated heterocycles. The van der Waals surface area contributed by atoms with Gasteiger partial charge in [-0.2, -0.15) is 0 Å². The first kappa shape index (κ1) is 23.6. The molecule has 1 fully saturated rings. The average molecular weight is 478 g/mol. The molecule has 3 aromatic rings. The predicted molar refractivity (Wildman–Crippen MR) is 131 cm³/mol. The number of halogens is 1. The van der Waals surface area contributed by atoms with E-state index in [1.165, 1.54) is 0 Å². The number of nitrogens with one attached hydrogen (secondary N) is 1. The van der Waals surface area contributed by atoms with Gasteiger partial charge in [0, 0.05) is 35.4 Å². The van der Waals surface area contributed by atoms with E-state index in [1.807, 2.05) is 12.1 Å². The van der Waals surface area contributed by atoms with Crippen LogP contribution >= 0.6 is 11.6 Å². The number of hydrogen-bond acceptors (Lipinski definition) is 7. The van der Waals surface area contributed by atoms with Gasteiger partial charge in [0.25, 0.3) is 0 Å². The Balaban J connectivity index is 1.37. The van der Waals surface area contributed by atoms with Crippen molar-refractivity contribution in [3.8, 4) is 12.3 Å². The zero-order valence-electron chi connectivity index (χ0n) is 18.5. The highest BCUT2D eigenvalue weighted by Crippen LogP contribution is 2.28. The van der Waals surface area contributed by atoms with Crippen LogP contribution in [0.4, 0.5) is 11.4 Å². The summed E-state index contributed by atoms with van der Waals surface area (Å²) in [6, 6.07) is 14.2. The normalized spacial score (nSPS) is 14.4. The maximum atomic E-state index is 12.8. The molecule has 4 rings (SSSR count). The Bertz CT molecular complexity index is 1230. The fraction of sp³-hybridized carbons (Fsp3) is 0.269. The van der Waals surface area contributed by atoms with Crippen molar-refractivity contribution < 1.29 is 19.1 Å². The first-order valence-electron chi connectivity index (χ1n) is 11.0. The third kappa shape index (κ3) is 5.84. The minimum Gasteiger partial charge on any atom is -0.460 e. The molecule has 34 heavy (non-hydrogen) atoms. The molecule has 1 aliphatic rings. The first-order chi connectivity index (χ1) is 16.5. The highest BCUT2D eigenvalue weighted by molar-refractivity contribution is 6.31. The van der Waals surface area contributed by atoms with Crippen molar-refractivity contribution in [3.05, 3.63) is 65.3 Å². The number of rotatable bonds is 7. The summed E-state index contributed by atoms with van der Waals surface area (Å²) in [6.45, 7) is 1.69. The standard InChI is InChI=1S/C26H24ClN3O4/c1-2-13-30-14-10-19(11-15-30)34-25(31)17-33-26(32)21-5-3-4-6-22(21)29-23-9-12-28-24-16-18(27)7-8-20(23)24/h1,3-9,12,16,19H,10-11,13-15,17H2,(H,28,29). The van der Waals surface area contributed by atoms with E-state index in [1.54, 1.807) is 42.6 Å². The summed E-state index contributed by atoms with van der Waals surface area (Å²) >= 11 is 6.07. The number of fused-ring (bicyclic) bond motifs is 1. The van der Waals surface area contributed by atoms with Gasteiger partial charge >= 0.3 is 11.9 Å². The van der Waals surface area contributed by atoms with Crippen LogP contribution in [0.5, 0.6) is 0 Å². The van der Waals surface area contributed by atoms with Crippen LogP contribution in [0.15, 0.2) is 54.7 Å². The van der Waals surface area contributed by atoms with Crippen LogP contribution < -0.4 is 5.32 Å². The number of piperidine rings is 1. The van der Waals surface area contributed by atoms with E-state index in [0.717, 1.165) is 29.7 Å². The molecular formula is C26H24ClN3O4. The van der Waals surface area contributed by atoms with E-state index in [-0.39, 0.29) is 6.10 Å². The van der Waals surface area contributed by atoms with Gasteiger partial charge in [0.2, 0.25) is 0 Å². The fourth-order valence-corrected chi connectivity index (χ4v) is 4.05. The Morgan fingerprint density at radius 2 is 1.94 bits per heavy atom. The van der Waals surface area contributed by atoms with Gasteiger partial charge in [0.15, 0.2) is 6.61 Å². The minimum atomic E-state index is -0.620. The van der Waals surface area contributed by atoms with Gasteiger partial charge in [-0.05, 0) is 49.2 Å². The Hall–Kier alpha value is -3.60. The summed E-state index contributed by atoms with van der Waals surface area (Å²) in [5.74, 6) is 1.44. The second-order valence-corrected chi connectivity index (χ2v) is 8.37. The lowest BCUT2D eigenvalue weighted by Crippen LogP contribution is -2.38. The van der Waals surface area contributed by atoms with Crippen molar-refractivity contribution in [1.29, 1.82) is 0 Å². The van der Waals surface area contributed by atoms with Crippen molar-refractivity contribution >= 4 is 45.8 Å². The average Bonchev–Trinajstić information content (AvgIpc) is 2.84. The van der Waals surface area contributed by atoms with Gasteiger partial charge in [0.1, 0.15) is 6.10 Å². The van der Waals surface area contributed by atoms with E-state index < -0.39 is 18.5 Å². The van der Waals surface area contributed by atoms with Crippen LogP contribution in [-0.2, 0) is 14.3 Å². The number of ether oxygens (including phenoxy) is 2. The molecule has 2 aromatic carbocycles. The molecule has 174 valence electrons. The van der Waals surface area contributed by atoms with Crippen molar-refractivity contribution in [1.82, 2.24) is 9.88 Å². The van der Waals surface area contributed by atoms with Gasteiger partial charge in [-0.1, -0.05) is 29.7 Å². The zero-order chi connectivity index (χ0) is 23.9. The third-order valence-electron chi connectivity index (χ3n) is 5.59. The molecule has 8 heteroatoms. The second kappa shape index (κ2) is 11.0. The maximum Gasteiger partial charge on any atom is 0.344 e. The number of hydrogen-bond donors (Lipinski definition) is 1. The number of carbonyl (C=O) groups is 2. The fourth-order valence-electron chi connectivity index (χ4n) is 3.88. The molecule has 0 atom stereocenters. The Morgan fingerprint density at radius 1 is 1.15 bits per heavy atom. The summed E-state index contributed by atoms with van der Waals surface area (Å²) in [5, 5.41) is 4.71. The number of anilines is 2. The highest BCUT2D eigenvalue weighted by Gasteiger charge is 2.23. The van der Waals surface area contributed by atoms with E-state index in [0.29, 0.717) is 35.7 Å². The minimum absolute atomic E-state index is 0.192. The molecule has 0 amide bonds. The summed E-state index contributed by atoms with van der Waals surface area (Å²) in [4.78, 5) is 31.4. The summed E-state index contributed by atoms with van der Waals surface area (Å²) in [7, 11) is 0. The summed E-state index contributed by atoms with van der Waals surface area (Å²) < 4.78 is 10.7. The molecule has 1 aliphatic heterocycles. The Kier molecular flexibility index (Phi) is 7.63. The van der Waals surface area contributed by atoms with Crippen LogP contribution in [-0.4, -0.2) is 54.2 Å². The number of esters is 2. The van der Waals surface area contributed by atoms with E-state index >= 15 is 0 Å². The molecule has 0 radical (unpaired) electrons. The van der Waals surface area contributed by atoms with Gasteiger partial charge in [0.05, 0.1) is 23.3 Å². The molecule has 7 nitrogen and oxygen atoms in total. The lowest BCUT2D eigenvalue weighted by atomic mass is 10.1. The van der Waals surface area contributed by atoms with Crippen LogP contribution in [0, 0.1) is 12.3 Å². The van der Waals surface area contributed by atoms with Crippen LogP contribution in [0.2, 0.25) is 5.02 Å². The number of pyridine rings is 1. The van der Waals surface area contributed by atoms with Gasteiger partial charge in [-0.15, -0.1) is 6.42 Å². The quantitative estimate of drug-likeness (QED) is 0.398. The van der Waals surface area contributed by atoms with Crippen LogP contribution in [0.3, 0.4) is 0 Å². The number of terminal acetylenes is 1. The first-order valence-corrected chi connectivity index (χ1v) is 11.3. The van der Waals surface area contributed by atoms with Gasteiger partial charge in [-0.3, -0.25) is 9.88 Å². The van der Waals surface area contributed by atoms with Crippen LogP contribution in [0.25, 0.3) is 10.9 Å². The van der Waals surface area contributed by atoms with Gasteiger partial charge in [-0.25, -0.2) is 9.59 Å². The molecule has 0 unspecified atom stereocenters.